The Labute approximate surface area is 161 Å². The van der Waals surface area contributed by atoms with Gasteiger partial charge in [-0.1, -0.05) is 27.5 Å². The smallest absolute Gasteiger partial charge is 0.243 e. The molecule has 0 unspecified atom stereocenters. The number of hydrogen-bond acceptors (Lipinski definition) is 4. The first-order chi connectivity index (χ1) is 11.9. The number of hydrogen-bond donors (Lipinski definition) is 1. The van der Waals surface area contributed by atoms with Crippen molar-refractivity contribution >= 4 is 37.6 Å². The predicted molar refractivity (Wildman–Crippen MR) is 101 cm³/mol. The minimum atomic E-state index is -3.50. The highest BCUT2D eigenvalue weighted by Crippen LogP contribution is 2.25. The first-order valence-corrected chi connectivity index (χ1v) is 10.4. The number of nitrogens with zero attached hydrogens (tertiary/aromatic N) is 2. The Bertz CT molecular complexity index is 851. The number of halogens is 2. The van der Waals surface area contributed by atoms with Crippen molar-refractivity contribution in [1.82, 2.24) is 9.21 Å². The Morgan fingerprint density at radius 2 is 1.68 bits per heavy atom. The molecule has 0 amide bonds. The number of rotatable bonds is 4. The Balaban J connectivity index is 1.65. The van der Waals surface area contributed by atoms with Crippen molar-refractivity contribution in [1.29, 1.82) is 0 Å². The fraction of sp³-hybridized carbons (Fsp3) is 0.294. The van der Waals surface area contributed by atoms with Crippen LogP contribution in [0.3, 0.4) is 0 Å². The maximum atomic E-state index is 12.7. The molecule has 2 aromatic carbocycles. The van der Waals surface area contributed by atoms with Gasteiger partial charge in [0.1, 0.15) is 5.75 Å². The molecule has 0 spiro atoms. The SMILES string of the molecule is O=S(=O)(c1ccc(Cl)cc1)N1CCN(Cc2cc(Br)ccc2O)CC1. The normalized spacial score (nSPS) is 16.9. The molecule has 0 radical (unpaired) electrons. The van der Waals surface area contributed by atoms with E-state index in [9.17, 15) is 13.5 Å². The molecule has 134 valence electrons. The molecule has 1 heterocycles. The number of benzene rings is 2. The summed E-state index contributed by atoms with van der Waals surface area (Å²) in [4.78, 5) is 2.39. The van der Waals surface area contributed by atoms with Crippen LogP contribution in [0, 0.1) is 0 Å². The lowest BCUT2D eigenvalue weighted by Gasteiger charge is -2.34. The van der Waals surface area contributed by atoms with Crippen molar-refractivity contribution in [2.75, 3.05) is 26.2 Å². The zero-order valence-electron chi connectivity index (χ0n) is 13.4. The van der Waals surface area contributed by atoms with Crippen molar-refractivity contribution in [2.45, 2.75) is 11.4 Å². The highest BCUT2D eigenvalue weighted by atomic mass is 79.9. The molecule has 1 fully saturated rings. The largest absolute Gasteiger partial charge is 0.508 e. The van der Waals surface area contributed by atoms with Crippen molar-refractivity contribution in [3.05, 3.63) is 57.5 Å². The van der Waals surface area contributed by atoms with Gasteiger partial charge in [-0.2, -0.15) is 4.31 Å². The third-order valence-corrected chi connectivity index (χ3v) is 6.88. The molecule has 1 aliphatic heterocycles. The monoisotopic (exact) mass is 444 g/mol. The Hall–Kier alpha value is -1.12. The fourth-order valence-electron chi connectivity index (χ4n) is 2.81. The molecule has 25 heavy (non-hydrogen) atoms. The summed E-state index contributed by atoms with van der Waals surface area (Å²) >= 11 is 9.23. The van der Waals surface area contributed by atoms with Crippen LogP contribution in [0.15, 0.2) is 51.8 Å². The standard InChI is InChI=1S/C17H18BrClN2O3S/c18-14-1-6-17(22)13(11-14)12-20-7-9-21(10-8-20)25(23,24)16-4-2-15(19)3-5-16/h1-6,11,22H,7-10,12H2. The number of piperazine rings is 1. The molecular formula is C17H18BrClN2O3S. The Morgan fingerprint density at radius 1 is 1.04 bits per heavy atom. The van der Waals surface area contributed by atoms with Gasteiger partial charge in [0, 0.05) is 47.8 Å². The maximum absolute atomic E-state index is 12.7. The van der Waals surface area contributed by atoms with Gasteiger partial charge >= 0.3 is 0 Å². The zero-order valence-corrected chi connectivity index (χ0v) is 16.6. The van der Waals surface area contributed by atoms with E-state index in [0.717, 1.165) is 10.0 Å². The predicted octanol–water partition coefficient (Wildman–Crippen LogP) is 3.31. The van der Waals surface area contributed by atoms with Crippen LogP contribution in [-0.2, 0) is 16.6 Å². The summed E-state index contributed by atoms with van der Waals surface area (Å²) in [6, 6.07) is 11.6. The average Bonchev–Trinajstić information content (AvgIpc) is 2.59. The quantitative estimate of drug-likeness (QED) is 0.784. The average molecular weight is 446 g/mol. The van der Waals surface area contributed by atoms with Gasteiger partial charge in [-0.05, 0) is 42.5 Å². The van der Waals surface area contributed by atoms with Crippen LogP contribution in [0.2, 0.25) is 5.02 Å². The molecule has 5 nitrogen and oxygen atoms in total. The van der Waals surface area contributed by atoms with Crippen LogP contribution >= 0.6 is 27.5 Å². The van der Waals surface area contributed by atoms with E-state index in [1.54, 1.807) is 24.3 Å². The lowest BCUT2D eigenvalue weighted by molar-refractivity contribution is 0.180. The van der Waals surface area contributed by atoms with Crippen molar-refractivity contribution in [3.63, 3.8) is 0 Å². The van der Waals surface area contributed by atoms with Gasteiger partial charge in [-0.3, -0.25) is 4.90 Å². The fourth-order valence-corrected chi connectivity index (χ4v) is 4.76. The third-order valence-electron chi connectivity index (χ3n) is 4.22. The molecule has 1 N–H and O–H groups in total. The van der Waals surface area contributed by atoms with E-state index in [-0.39, 0.29) is 10.6 Å². The van der Waals surface area contributed by atoms with Crippen molar-refractivity contribution < 1.29 is 13.5 Å². The van der Waals surface area contributed by atoms with E-state index in [1.807, 2.05) is 6.07 Å². The third kappa shape index (κ3) is 4.35. The highest BCUT2D eigenvalue weighted by Gasteiger charge is 2.28. The van der Waals surface area contributed by atoms with Crippen LogP contribution in [0.5, 0.6) is 5.75 Å². The maximum Gasteiger partial charge on any atom is 0.243 e. The summed E-state index contributed by atoms with van der Waals surface area (Å²) < 4.78 is 27.8. The second-order valence-corrected chi connectivity index (χ2v) is 9.20. The molecule has 0 aromatic heterocycles. The van der Waals surface area contributed by atoms with Gasteiger partial charge in [0.15, 0.2) is 0 Å². The zero-order chi connectivity index (χ0) is 18.0. The summed E-state index contributed by atoms with van der Waals surface area (Å²) in [5.74, 6) is 0.249. The second kappa shape index (κ2) is 7.63. The van der Waals surface area contributed by atoms with E-state index in [4.69, 9.17) is 11.6 Å². The summed E-state index contributed by atoms with van der Waals surface area (Å²) in [6.45, 7) is 2.64. The molecular weight excluding hydrogens is 428 g/mol. The second-order valence-electron chi connectivity index (χ2n) is 5.91. The lowest BCUT2D eigenvalue weighted by atomic mass is 10.2. The molecule has 0 atom stereocenters. The molecule has 0 bridgehead atoms. The van der Waals surface area contributed by atoms with Gasteiger partial charge in [-0.25, -0.2) is 8.42 Å². The molecule has 1 aliphatic rings. The van der Waals surface area contributed by atoms with E-state index in [2.05, 4.69) is 20.8 Å². The number of sulfonamides is 1. The molecule has 0 saturated carbocycles. The highest BCUT2D eigenvalue weighted by molar-refractivity contribution is 9.10. The number of phenols is 1. The van der Waals surface area contributed by atoms with Crippen LogP contribution in [0.25, 0.3) is 0 Å². The minimum absolute atomic E-state index is 0.249. The van der Waals surface area contributed by atoms with Crippen LogP contribution in [-0.4, -0.2) is 48.9 Å². The summed E-state index contributed by atoms with van der Waals surface area (Å²) in [5.41, 5.74) is 0.823. The van der Waals surface area contributed by atoms with E-state index < -0.39 is 10.0 Å². The molecule has 3 rings (SSSR count). The van der Waals surface area contributed by atoms with Gasteiger partial charge in [0.25, 0.3) is 0 Å². The number of aromatic hydroxyl groups is 1. The first kappa shape index (κ1) is 18.7. The van der Waals surface area contributed by atoms with Crippen molar-refractivity contribution in [2.24, 2.45) is 0 Å². The summed E-state index contributed by atoms with van der Waals surface area (Å²) in [6.07, 6.45) is 0. The van der Waals surface area contributed by atoms with E-state index in [1.165, 1.54) is 16.4 Å². The van der Waals surface area contributed by atoms with Crippen LogP contribution < -0.4 is 0 Å². The molecule has 8 heteroatoms. The summed E-state index contributed by atoms with van der Waals surface area (Å²) in [5, 5.41) is 10.5. The first-order valence-electron chi connectivity index (χ1n) is 7.82. The Morgan fingerprint density at radius 3 is 2.32 bits per heavy atom. The van der Waals surface area contributed by atoms with Gasteiger partial charge < -0.3 is 5.11 Å². The van der Waals surface area contributed by atoms with Crippen LogP contribution in [0.1, 0.15) is 5.56 Å². The Kier molecular flexibility index (Phi) is 5.70. The van der Waals surface area contributed by atoms with Gasteiger partial charge in [0.05, 0.1) is 4.90 Å². The topological polar surface area (TPSA) is 60.9 Å². The summed E-state index contributed by atoms with van der Waals surface area (Å²) in [7, 11) is -3.50. The minimum Gasteiger partial charge on any atom is -0.508 e. The lowest BCUT2D eigenvalue weighted by Crippen LogP contribution is -2.48. The van der Waals surface area contributed by atoms with Gasteiger partial charge in [0.2, 0.25) is 10.0 Å². The van der Waals surface area contributed by atoms with E-state index >= 15 is 0 Å². The molecule has 0 aliphatic carbocycles. The van der Waals surface area contributed by atoms with E-state index in [0.29, 0.717) is 37.7 Å². The number of phenolic OH excluding ortho intramolecular Hbond substituents is 1. The van der Waals surface area contributed by atoms with Crippen LogP contribution in [0.4, 0.5) is 0 Å². The molecule has 1 saturated heterocycles. The van der Waals surface area contributed by atoms with Gasteiger partial charge in [-0.15, -0.1) is 0 Å². The molecule has 2 aromatic rings. The van der Waals surface area contributed by atoms with Crippen molar-refractivity contribution in [3.8, 4) is 5.75 Å².